The standard InChI is InChI=1S/C10H13N3O4/c14-7-1-2-8(15)12(7)6-5-11-13-9(16)3-4-10(13)17/h11H,1-6H2. The summed E-state index contributed by atoms with van der Waals surface area (Å²) in [6.07, 6.45) is 0.932. The molecule has 1 N–H and O–H groups in total. The monoisotopic (exact) mass is 239 g/mol. The predicted octanol–water partition coefficient (Wildman–Crippen LogP) is -1.21. The van der Waals surface area contributed by atoms with Gasteiger partial charge in [-0.05, 0) is 0 Å². The van der Waals surface area contributed by atoms with E-state index in [4.69, 9.17) is 0 Å². The molecule has 4 amide bonds. The zero-order valence-corrected chi connectivity index (χ0v) is 9.27. The van der Waals surface area contributed by atoms with Gasteiger partial charge in [0.25, 0.3) is 0 Å². The van der Waals surface area contributed by atoms with E-state index in [0.717, 1.165) is 9.91 Å². The molecule has 2 aliphatic heterocycles. The molecule has 92 valence electrons. The number of hydrogen-bond acceptors (Lipinski definition) is 5. The summed E-state index contributed by atoms with van der Waals surface area (Å²) in [6.45, 7) is 0.406. The van der Waals surface area contributed by atoms with Crippen LogP contribution in [0, 0.1) is 0 Å². The van der Waals surface area contributed by atoms with Crippen LogP contribution in [0.2, 0.25) is 0 Å². The number of nitrogens with one attached hydrogen (secondary N) is 1. The van der Waals surface area contributed by atoms with Crippen LogP contribution in [0.3, 0.4) is 0 Å². The number of likely N-dealkylation sites (tertiary alicyclic amines) is 1. The number of rotatable bonds is 4. The molecule has 0 aliphatic carbocycles. The topological polar surface area (TPSA) is 86.8 Å². The van der Waals surface area contributed by atoms with E-state index in [1.165, 1.54) is 0 Å². The Morgan fingerprint density at radius 1 is 0.824 bits per heavy atom. The fourth-order valence-electron chi connectivity index (χ4n) is 1.90. The van der Waals surface area contributed by atoms with Crippen molar-refractivity contribution >= 4 is 23.6 Å². The molecule has 0 radical (unpaired) electrons. The van der Waals surface area contributed by atoms with Gasteiger partial charge in [-0.2, -0.15) is 0 Å². The second-order valence-electron chi connectivity index (χ2n) is 3.97. The molecule has 0 aromatic carbocycles. The van der Waals surface area contributed by atoms with Crippen molar-refractivity contribution in [3.05, 3.63) is 0 Å². The summed E-state index contributed by atoms with van der Waals surface area (Å²) in [5, 5.41) is 0.963. The number of carbonyl (C=O) groups excluding carboxylic acids is 4. The second kappa shape index (κ2) is 4.62. The molecule has 0 bridgehead atoms. The third kappa shape index (κ3) is 2.33. The van der Waals surface area contributed by atoms with Crippen molar-refractivity contribution in [1.82, 2.24) is 15.3 Å². The van der Waals surface area contributed by atoms with Crippen LogP contribution in [0.25, 0.3) is 0 Å². The van der Waals surface area contributed by atoms with E-state index in [2.05, 4.69) is 5.43 Å². The fraction of sp³-hybridized carbons (Fsp3) is 0.600. The Kier molecular flexibility index (Phi) is 3.19. The molecule has 0 aromatic heterocycles. The lowest BCUT2D eigenvalue weighted by Gasteiger charge is -2.18. The van der Waals surface area contributed by atoms with Gasteiger partial charge >= 0.3 is 0 Å². The molecular weight excluding hydrogens is 226 g/mol. The molecule has 0 aromatic rings. The summed E-state index contributed by atoms with van der Waals surface area (Å²) in [4.78, 5) is 46.2. The maximum Gasteiger partial charge on any atom is 0.244 e. The first-order chi connectivity index (χ1) is 8.09. The third-order valence-corrected chi connectivity index (χ3v) is 2.81. The number of amides is 4. The van der Waals surface area contributed by atoms with E-state index < -0.39 is 0 Å². The van der Waals surface area contributed by atoms with E-state index in [9.17, 15) is 19.2 Å². The van der Waals surface area contributed by atoms with Crippen LogP contribution in [0.5, 0.6) is 0 Å². The summed E-state index contributed by atoms with van der Waals surface area (Å²) in [5.74, 6) is -0.935. The molecule has 0 spiro atoms. The van der Waals surface area contributed by atoms with Gasteiger partial charge in [0.15, 0.2) is 0 Å². The van der Waals surface area contributed by atoms with Crippen LogP contribution in [0.1, 0.15) is 25.7 Å². The lowest BCUT2D eigenvalue weighted by molar-refractivity contribution is -0.142. The molecule has 0 saturated carbocycles. The SMILES string of the molecule is O=C1CCC(=O)N1CCNN1C(=O)CCC1=O. The summed E-state index contributed by atoms with van der Waals surface area (Å²) in [7, 11) is 0. The Balaban J connectivity index is 1.79. The largest absolute Gasteiger partial charge is 0.281 e. The molecule has 2 fully saturated rings. The molecular formula is C10H13N3O4. The van der Waals surface area contributed by atoms with Gasteiger partial charge < -0.3 is 0 Å². The van der Waals surface area contributed by atoms with Crippen LogP contribution in [0.15, 0.2) is 0 Å². The van der Waals surface area contributed by atoms with E-state index in [1.54, 1.807) is 0 Å². The summed E-state index contributed by atoms with van der Waals surface area (Å²) >= 11 is 0. The minimum atomic E-state index is -0.269. The van der Waals surface area contributed by atoms with Crippen molar-refractivity contribution in [2.24, 2.45) is 0 Å². The van der Waals surface area contributed by atoms with Crippen molar-refractivity contribution in [1.29, 1.82) is 0 Å². The third-order valence-electron chi connectivity index (χ3n) is 2.81. The van der Waals surface area contributed by atoms with Crippen LogP contribution < -0.4 is 5.43 Å². The molecule has 0 unspecified atom stereocenters. The van der Waals surface area contributed by atoms with E-state index in [0.29, 0.717) is 0 Å². The molecule has 0 atom stereocenters. The van der Waals surface area contributed by atoms with Crippen LogP contribution in [-0.2, 0) is 19.2 Å². The first kappa shape index (κ1) is 11.7. The highest BCUT2D eigenvalue weighted by atomic mass is 16.2. The maximum absolute atomic E-state index is 11.3. The highest BCUT2D eigenvalue weighted by Gasteiger charge is 2.31. The normalized spacial score (nSPS) is 20.9. The summed E-state index contributed by atoms with van der Waals surface area (Å²) in [5.41, 5.74) is 2.64. The Bertz CT molecular complexity index is 325. The first-order valence-electron chi connectivity index (χ1n) is 5.52. The fourth-order valence-corrected chi connectivity index (χ4v) is 1.90. The van der Waals surface area contributed by atoms with Gasteiger partial charge in [-0.15, -0.1) is 0 Å². The van der Waals surface area contributed by atoms with Gasteiger partial charge in [-0.3, -0.25) is 24.1 Å². The van der Waals surface area contributed by atoms with Gasteiger partial charge in [-0.25, -0.2) is 10.4 Å². The van der Waals surface area contributed by atoms with Gasteiger partial charge in [0.05, 0.1) is 0 Å². The van der Waals surface area contributed by atoms with Crippen molar-refractivity contribution in [2.75, 3.05) is 13.1 Å². The second-order valence-corrected chi connectivity index (χ2v) is 3.97. The molecule has 17 heavy (non-hydrogen) atoms. The zero-order valence-electron chi connectivity index (χ0n) is 9.27. The Labute approximate surface area is 97.7 Å². The van der Waals surface area contributed by atoms with E-state index >= 15 is 0 Å². The molecule has 2 rings (SSSR count). The number of hydrazine groups is 1. The molecule has 2 heterocycles. The highest BCUT2D eigenvalue weighted by Crippen LogP contribution is 2.11. The summed E-state index contributed by atoms with van der Waals surface area (Å²) < 4.78 is 0. The summed E-state index contributed by atoms with van der Waals surface area (Å²) in [6, 6.07) is 0. The Morgan fingerprint density at radius 2 is 1.29 bits per heavy atom. The van der Waals surface area contributed by atoms with Crippen molar-refractivity contribution < 1.29 is 19.2 Å². The maximum atomic E-state index is 11.3. The number of carbonyl (C=O) groups is 4. The average molecular weight is 239 g/mol. The number of hydrogen-bond donors (Lipinski definition) is 1. The van der Waals surface area contributed by atoms with Gasteiger partial charge in [0, 0.05) is 38.8 Å². The molecule has 7 nitrogen and oxygen atoms in total. The van der Waals surface area contributed by atoms with Crippen LogP contribution in [-0.4, -0.2) is 46.6 Å². The molecule has 2 aliphatic rings. The van der Waals surface area contributed by atoms with E-state index in [-0.39, 0.29) is 62.4 Å². The van der Waals surface area contributed by atoms with Crippen LogP contribution >= 0.6 is 0 Å². The van der Waals surface area contributed by atoms with Crippen LogP contribution in [0.4, 0.5) is 0 Å². The average Bonchev–Trinajstić information content (AvgIpc) is 2.77. The van der Waals surface area contributed by atoms with Crippen molar-refractivity contribution in [3.63, 3.8) is 0 Å². The van der Waals surface area contributed by atoms with Crippen molar-refractivity contribution in [2.45, 2.75) is 25.7 Å². The number of nitrogens with zero attached hydrogens (tertiary/aromatic N) is 2. The lowest BCUT2D eigenvalue weighted by Crippen LogP contribution is -2.46. The molecule has 2 saturated heterocycles. The minimum Gasteiger partial charge on any atom is -0.281 e. The Morgan fingerprint density at radius 3 is 1.82 bits per heavy atom. The number of imide groups is 2. The van der Waals surface area contributed by atoms with Gasteiger partial charge in [0.1, 0.15) is 0 Å². The quantitative estimate of drug-likeness (QED) is 0.622. The van der Waals surface area contributed by atoms with Gasteiger partial charge in [-0.1, -0.05) is 0 Å². The van der Waals surface area contributed by atoms with Gasteiger partial charge in [0.2, 0.25) is 23.6 Å². The molecule has 7 heteroatoms. The smallest absolute Gasteiger partial charge is 0.244 e. The first-order valence-corrected chi connectivity index (χ1v) is 5.52. The van der Waals surface area contributed by atoms with Crippen molar-refractivity contribution in [3.8, 4) is 0 Å². The minimum absolute atomic E-state index is 0.189. The Hall–Kier alpha value is -1.76. The van der Waals surface area contributed by atoms with E-state index in [1.807, 2.05) is 0 Å². The lowest BCUT2D eigenvalue weighted by atomic mass is 10.4. The zero-order chi connectivity index (χ0) is 12.4. The highest BCUT2D eigenvalue weighted by molar-refractivity contribution is 6.02. The predicted molar refractivity (Wildman–Crippen MR) is 55.0 cm³/mol.